The van der Waals surface area contributed by atoms with E-state index in [0.29, 0.717) is 0 Å². The number of alkyl halides is 3. The van der Waals surface area contributed by atoms with Crippen LogP contribution in [0.4, 0.5) is 14.6 Å². The Bertz CT molecular complexity index is 337. The zero-order valence-corrected chi connectivity index (χ0v) is 8.22. The summed E-state index contributed by atoms with van der Waals surface area (Å²) < 4.78 is 28.6. The number of halogens is 3. The summed E-state index contributed by atoms with van der Waals surface area (Å²) in [6, 6.07) is 0. The minimum atomic E-state index is -3.17. The predicted molar refractivity (Wildman–Crippen MR) is 44.9 cm³/mol. The van der Waals surface area contributed by atoms with Gasteiger partial charge in [0.15, 0.2) is 0 Å². The topological polar surface area (TPSA) is 94.0 Å². The summed E-state index contributed by atoms with van der Waals surface area (Å²) >= 11 is 2.05. The Morgan fingerprint density at radius 1 is 1.64 bits per heavy atom. The number of hydrogen-bond acceptors (Lipinski definition) is 5. The molecule has 0 radical (unpaired) electrons. The van der Waals surface area contributed by atoms with Crippen LogP contribution in [0.25, 0.3) is 0 Å². The van der Waals surface area contributed by atoms with Gasteiger partial charge in [0.25, 0.3) is 5.91 Å². The maximum Gasteiger partial charge on any atom is 0.318 e. The number of nitrogens with zero attached hydrogens (tertiary/aromatic N) is 2. The standard InChI is InChI=1S/C5H5BrF2N4O2/c6-5(7,8)1-10-4(13)2-3(9)12-14-11-2/h1H2,(H2,9,12)(H,10,13). The lowest BCUT2D eigenvalue weighted by Crippen LogP contribution is -2.33. The first kappa shape index (κ1) is 10.8. The van der Waals surface area contributed by atoms with Crippen molar-refractivity contribution < 1.29 is 18.2 Å². The second kappa shape index (κ2) is 3.86. The van der Waals surface area contributed by atoms with Gasteiger partial charge in [-0.3, -0.25) is 4.79 Å². The number of nitrogen functional groups attached to an aromatic ring is 1. The Hall–Kier alpha value is -1.25. The van der Waals surface area contributed by atoms with Crippen molar-refractivity contribution in [3.8, 4) is 0 Å². The first-order valence-corrected chi connectivity index (χ1v) is 4.12. The molecule has 0 spiro atoms. The van der Waals surface area contributed by atoms with E-state index in [-0.39, 0.29) is 11.5 Å². The summed E-state index contributed by atoms with van der Waals surface area (Å²) in [7, 11) is 0. The fraction of sp³-hybridized carbons (Fsp3) is 0.400. The van der Waals surface area contributed by atoms with Crippen molar-refractivity contribution in [2.24, 2.45) is 0 Å². The van der Waals surface area contributed by atoms with E-state index in [2.05, 4.69) is 30.9 Å². The minimum absolute atomic E-state index is 0.250. The predicted octanol–water partition coefficient (Wildman–Crippen LogP) is 0.369. The normalized spacial score (nSPS) is 11.4. The molecule has 0 saturated heterocycles. The summed E-state index contributed by atoms with van der Waals surface area (Å²) in [4.78, 5) is 7.89. The molecule has 0 bridgehead atoms. The molecule has 6 nitrogen and oxygen atoms in total. The number of rotatable bonds is 3. The molecule has 78 valence electrons. The molecule has 0 aliphatic carbocycles. The molecule has 0 saturated carbocycles. The molecule has 1 heterocycles. The second-order valence-corrected chi connectivity index (χ2v) is 3.46. The summed E-state index contributed by atoms with van der Waals surface area (Å²) in [5, 5.41) is 8.13. The highest BCUT2D eigenvalue weighted by Crippen LogP contribution is 2.19. The number of hydrogen-bond donors (Lipinski definition) is 2. The minimum Gasteiger partial charge on any atom is -0.379 e. The molecule has 1 aromatic heterocycles. The van der Waals surface area contributed by atoms with Crippen LogP contribution in [-0.2, 0) is 0 Å². The van der Waals surface area contributed by atoms with E-state index in [1.54, 1.807) is 0 Å². The molecule has 0 aliphatic rings. The summed E-state index contributed by atoms with van der Waals surface area (Å²) in [5.41, 5.74) is 4.84. The highest BCUT2D eigenvalue weighted by atomic mass is 79.9. The Labute approximate surface area is 84.9 Å². The van der Waals surface area contributed by atoms with Gasteiger partial charge in [0, 0.05) is 0 Å². The molecule has 0 unspecified atom stereocenters. The van der Waals surface area contributed by atoms with E-state index in [0.717, 1.165) is 0 Å². The SMILES string of the molecule is Nc1nonc1C(=O)NCC(F)(F)Br. The largest absolute Gasteiger partial charge is 0.379 e. The van der Waals surface area contributed by atoms with Crippen molar-refractivity contribution in [3.63, 3.8) is 0 Å². The first-order valence-electron chi connectivity index (χ1n) is 3.33. The molecule has 0 aromatic carbocycles. The lowest BCUT2D eigenvalue weighted by molar-refractivity contribution is 0.0828. The lowest BCUT2D eigenvalue weighted by atomic mass is 10.4. The van der Waals surface area contributed by atoms with Gasteiger partial charge in [-0.15, -0.1) is 0 Å². The van der Waals surface area contributed by atoms with Crippen LogP contribution >= 0.6 is 15.9 Å². The summed E-state index contributed by atoms with van der Waals surface area (Å²) in [6.07, 6.45) is 0. The number of amides is 1. The van der Waals surface area contributed by atoms with Gasteiger partial charge in [0.1, 0.15) is 0 Å². The van der Waals surface area contributed by atoms with Crippen molar-refractivity contribution in [1.82, 2.24) is 15.6 Å². The van der Waals surface area contributed by atoms with E-state index in [1.807, 2.05) is 5.32 Å². The van der Waals surface area contributed by atoms with Crippen molar-refractivity contribution in [1.29, 1.82) is 0 Å². The zero-order valence-electron chi connectivity index (χ0n) is 6.63. The summed E-state index contributed by atoms with van der Waals surface area (Å²) in [5.74, 6) is -1.12. The third-order valence-corrected chi connectivity index (χ3v) is 1.46. The maximum atomic E-state index is 12.2. The number of anilines is 1. The highest BCUT2D eigenvalue weighted by molar-refractivity contribution is 9.10. The number of nitrogens with one attached hydrogen (secondary N) is 1. The fourth-order valence-electron chi connectivity index (χ4n) is 0.617. The van der Waals surface area contributed by atoms with E-state index < -0.39 is 17.3 Å². The van der Waals surface area contributed by atoms with Gasteiger partial charge in [-0.25, -0.2) is 4.63 Å². The highest BCUT2D eigenvalue weighted by Gasteiger charge is 2.26. The van der Waals surface area contributed by atoms with Gasteiger partial charge in [-0.2, -0.15) is 8.78 Å². The van der Waals surface area contributed by atoms with Gasteiger partial charge >= 0.3 is 4.83 Å². The third kappa shape index (κ3) is 2.91. The lowest BCUT2D eigenvalue weighted by Gasteiger charge is -2.07. The summed E-state index contributed by atoms with van der Waals surface area (Å²) in [6.45, 7) is -0.877. The van der Waals surface area contributed by atoms with Gasteiger partial charge in [0.05, 0.1) is 6.54 Å². The molecule has 1 rings (SSSR count). The van der Waals surface area contributed by atoms with E-state index >= 15 is 0 Å². The number of carbonyl (C=O) groups excluding carboxylic acids is 1. The smallest absolute Gasteiger partial charge is 0.318 e. The molecule has 0 fully saturated rings. The molecular formula is C5H5BrF2N4O2. The number of nitrogens with two attached hydrogens (primary N) is 1. The molecule has 1 aromatic rings. The third-order valence-electron chi connectivity index (χ3n) is 1.18. The maximum absolute atomic E-state index is 12.2. The molecule has 0 aliphatic heterocycles. The van der Waals surface area contributed by atoms with Gasteiger partial charge in [-0.1, -0.05) is 0 Å². The quantitative estimate of drug-likeness (QED) is 0.774. The zero-order chi connectivity index (χ0) is 10.8. The Morgan fingerprint density at radius 2 is 2.29 bits per heavy atom. The monoisotopic (exact) mass is 270 g/mol. The van der Waals surface area contributed by atoms with Gasteiger partial charge in [0.2, 0.25) is 11.5 Å². The average Bonchev–Trinajstić information content (AvgIpc) is 2.46. The average molecular weight is 271 g/mol. The van der Waals surface area contributed by atoms with Crippen LogP contribution in [0.2, 0.25) is 0 Å². The Balaban J connectivity index is 2.56. The fourth-order valence-corrected chi connectivity index (χ4v) is 0.757. The molecule has 9 heteroatoms. The molecule has 0 atom stereocenters. The van der Waals surface area contributed by atoms with Crippen LogP contribution in [-0.4, -0.2) is 27.6 Å². The molecule has 14 heavy (non-hydrogen) atoms. The first-order chi connectivity index (χ1) is 6.40. The van der Waals surface area contributed by atoms with Crippen LogP contribution in [0.1, 0.15) is 10.5 Å². The van der Waals surface area contributed by atoms with E-state index in [1.165, 1.54) is 0 Å². The van der Waals surface area contributed by atoms with Crippen molar-refractivity contribution in [2.75, 3.05) is 12.3 Å². The van der Waals surface area contributed by atoms with Crippen LogP contribution in [0.15, 0.2) is 4.63 Å². The molecule has 3 N–H and O–H groups in total. The Kier molecular flexibility index (Phi) is 2.99. The van der Waals surface area contributed by atoms with Crippen molar-refractivity contribution in [2.45, 2.75) is 4.83 Å². The second-order valence-electron chi connectivity index (χ2n) is 2.30. The van der Waals surface area contributed by atoms with E-state index in [9.17, 15) is 13.6 Å². The molecular weight excluding hydrogens is 266 g/mol. The Morgan fingerprint density at radius 3 is 2.71 bits per heavy atom. The number of aromatic nitrogens is 2. The van der Waals surface area contributed by atoms with Gasteiger partial charge < -0.3 is 11.1 Å². The van der Waals surface area contributed by atoms with E-state index in [4.69, 9.17) is 5.73 Å². The number of carbonyl (C=O) groups is 1. The van der Waals surface area contributed by atoms with Crippen LogP contribution in [0, 0.1) is 0 Å². The molecule has 1 amide bonds. The van der Waals surface area contributed by atoms with Gasteiger partial charge in [-0.05, 0) is 26.2 Å². The van der Waals surface area contributed by atoms with Crippen LogP contribution in [0.3, 0.4) is 0 Å². The van der Waals surface area contributed by atoms with Crippen LogP contribution in [0.5, 0.6) is 0 Å². The van der Waals surface area contributed by atoms with Crippen molar-refractivity contribution >= 4 is 27.7 Å². The van der Waals surface area contributed by atoms with Crippen LogP contribution < -0.4 is 11.1 Å². The van der Waals surface area contributed by atoms with Crippen molar-refractivity contribution in [3.05, 3.63) is 5.69 Å².